The van der Waals surface area contributed by atoms with Gasteiger partial charge in [0.1, 0.15) is 0 Å². The third-order valence-corrected chi connectivity index (χ3v) is 7.42. The average molecular weight is 428 g/mol. The van der Waals surface area contributed by atoms with Crippen LogP contribution in [0.1, 0.15) is 44.1 Å². The topological polar surface area (TPSA) is 43.4 Å². The molecule has 1 aliphatic carbocycles. The van der Waals surface area contributed by atoms with Crippen molar-refractivity contribution in [1.82, 2.24) is 0 Å². The van der Waals surface area contributed by atoms with Crippen LogP contribution in [0, 0.1) is 11.8 Å². The van der Waals surface area contributed by atoms with Gasteiger partial charge in [0.05, 0.1) is 24.0 Å². The van der Waals surface area contributed by atoms with Gasteiger partial charge in [-0.2, -0.15) is 0 Å². The Kier molecular flexibility index (Phi) is 3.88. The van der Waals surface area contributed by atoms with Gasteiger partial charge in [0.2, 0.25) is 0 Å². The van der Waals surface area contributed by atoms with E-state index in [0.29, 0.717) is 11.1 Å². The van der Waals surface area contributed by atoms with Crippen LogP contribution in [0.4, 0.5) is 0 Å². The highest BCUT2D eigenvalue weighted by molar-refractivity contribution is 6.17. The zero-order valence-electron chi connectivity index (χ0n) is 17.8. The molecule has 158 valence electrons. The Morgan fingerprint density at radius 1 is 0.455 bits per heavy atom. The molecule has 7 rings (SSSR count). The summed E-state index contributed by atoms with van der Waals surface area (Å²) in [5.41, 5.74) is 7.53. The molecule has 0 radical (unpaired) electrons. The minimum atomic E-state index is -0.474. The number of hydrogen-bond acceptors (Lipinski definition) is 3. The third-order valence-electron chi connectivity index (χ3n) is 7.42. The summed E-state index contributed by atoms with van der Waals surface area (Å²) in [6.45, 7) is 0. The number of rotatable bonds is 2. The maximum atomic E-state index is 13.6. The van der Waals surface area contributed by atoms with Gasteiger partial charge in [0.25, 0.3) is 0 Å². The largest absolute Gasteiger partial charge is 0.364 e. The van der Waals surface area contributed by atoms with Crippen molar-refractivity contribution in [3.63, 3.8) is 0 Å². The van der Waals surface area contributed by atoms with Crippen molar-refractivity contribution >= 4 is 11.6 Å². The lowest BCUT2D eigenvalue weighted by Crippen LogP contribution is -2.39. The Bertz CT molecular complexity index is 1330. The van der Waals surface area contributed by atoms with Crippen LogP contribution in [-0.2, 0) is 4.74 Å². The number of carbonyl (C=O) groups is 2. The van der Waals surface area contributed by atoms with Crippen LogP contribution >= 0.6 is 0 Å². The Morgan fingerprint density at radius 3 is 1.27 bits per heavy atom. The van der Waals surface area contributed by atoms with E-state index >= 15 is 0 Å². The minimum absolute atomic E-state index is 0.0254. The van der Waals surface area contributed by atoms with Gasteiger partial charge in [-0.15, -0.1) is 0 Å². The molecule has 4 aromatic carbocycles. The van der Waals surface area contributed by atoms with Gasteiger partial charge >= 0.3 is 0 Å². The highest BCUT2D eigenvalue weighted by Crippen LogP contribution is 2.63. The zero-order chi connectivity index (χ0) is 22.1. The lowest BCUT2D eigenvalue weighted by atomic mass is 9.64. The molecule has 3 heteroatoms. The highest BCUT2D eigenvalue weighted by atomic mass is 16.5. The molecule has 1 saturated heterocycles. The predicted octanol–water partition coefficient (Wildman–Crippen LogP) is 6.46. The number of Topliss-reactive ketones (excluding diaryl/α,β-unsaturated/α-hetero) is 2. The summed E-state index contributed by atoms with van der Waals surface area (Å²) < 4.78 is 6.54. The first-order valence-electron chi connectivity index (χ1n) is 11.3. The highest BCUT2D eigenvalue weighted by Gasteiger charge is 2.61. The molecule has 2 aliphatic heterocycles. The van der Waals surface area contributed by atoms with E-state index in [1.54, 1.807) is 12.1 Å². The number of hydrogen-bond donors (Lipinski definition) is 0. The predicted molar refractivity (Wildman–Crippen MR) is 126 cm³/mol. The van der Waals surface area contributed by atoms with Crippen molar-refractivity contribution in [2.24, 2.45) is 11.8 Å². The van der Waals surface area contributed by atoms with Gasteiger partial charge in [-0.1, -0.05) is 97.1 Å². The van der Waals surface area contributed by atoms with Crippen LogP contribution in [0.5, 0.6) is 0 Å². The van der Waals surface area contributed by atoms with Gasteiger partial charge in [0, 0.05) is 11.1 Å². The fourth-order valence-electron chi connectivity index (χ4n) is 6.06. The normalized spacial score (nSPS) is 24.4. The van der Waals surface area contributed by atoms with Crippen LogP contribution in [0.15, 0.2) is 97.1 Å². The van der Waals surface area contributed by atoms with Crippen LogP contribution in [-0.4, -0.2) is 11.6 Å². The molecular weight excluding hydrogens is 408 g/mol. The minimum Gasteiger partial charge on any atom is -0.364 e. The van der Waals surface area contributed by atoms with Gasteiger partial charge < -0.3 is 4.74 Å². The number of benzene rings is 4. The lowest BCUT2D eigenvalue weighted by molar-refractivity contribution is 0.0513. The molecule has 0 N–H and O–H groups in total. The Labute approximate surface area is 191 Å². The Hall–Kier alpha value is -3.82. The van der Waals surface area contributed by atoms with E-state index < -0.39 is 24.0 Å². The first kappa shape index (κ1) is 18.7. The van der Waals surface area contributed by atoms with Crippen LogP contribution in [0.3, 0.4) is 0 Å². The number of ketones is 2. The van der Waals surface area contributed by atoms with Gasteiger partial charge in [-0.25, -0.2) is 0 Å². The summed E-state index contributed by atoms with van der Waals surface area (Å²) in [6.07, 6.45) is -0.836. The molecule has 0 amide bonds. The summed E-state index contributed by atoms with van der Waals surface area (Å²) in [7, 11) is 0. The first-order valence-corrected chi connectivity index (χ1v) is 11.3. The zero-order valence-corrected chi connectivity index (χ0v) is 17.8. The lowest BCUT2D eigenvalue weighted by Gasteiger charge is -2.34. The fraction of sp³-hybridized carbons (Fsp3) is 0.133. The average Bonchev–Trinajstić information content (AvgIpc) is 3.46. The molecule has 0 aromatic heterocycles. The number of fused-ring (bicyclic) bond motifs is 9. The second kappa shape index (κ2) is 6.84. The van der Waals surface area contributed by atoms with Gasteiger partial charge in [0.15, 0.2) is 11.6 Å². The van der Waals surface area contributed by atoms with Crippen LogP contribution < -0.4 is 0 Å². The Balaban J connectivity index is 1.49. The molecule has 4 aromatic rings. The van der Waals surface area contributed by atoms with Crippen molar-refractivity contribution in [1.29, 1.82) is 0 Å². The molecule has 1 fully saturated rings. The molecule has 4 atom stereocenters. The van der Waals surface area contributed by atoms with Gasteiger partial charge in [-0.05, 0) is 33.4 Å². The molecule has 2 bridgehead atoms. The molecule has 2 heterocycles. The van der Waals surface area contributed by atoms with Crippen molar-refractivity contribution in [2.75, 3.05) is 0 Å². The van der Waals surface area contributed by atoms with E-state index in [9.17, 15) is 9.59 Å². The standard InChI is InChI=1S/C30H20O3/c31-27-21-13-7-8-14-22(21)28(32)26-25(27)29-23-19(17-9-3-1-4-10-17)15-16-20(24(23)30(26)33-29)18-11-5-2-6-12-18/h1-16,25-26,29-30H/t25-,26+,29-,30+. The quantitative estimate of drug-likeness (QED) is 0.368. The first-order chi connectivity index (χ1) is 16.2. The Morgan fingerprint density at radius 2 is 0.848 bits per heavy atom. The molecule has 3 aliphatic rings. The fourth-order valence-corrected chi connectivity index (χ4v) is 6.06. The molecule has 33 heavy (non-hydrogen) atoms. The number of carbonyl (C=O) groups excluding carboxylic acids is 2. The van der Waals surface area contributed by atoms with Crippen molar-refractivity contribution in [3.8, 4) is 22.3 Å². The monoisotopic (exact) mass is 428 g/mol. The summed E-state index contributed by atoms with van der Waals surface area (Å²) in [5.74, 6) is -0.897. The maximum Gasteiger partial charge on any atom is 0.170 e. The van der Waals surface area contributed by atoms with E-state index in [2.05, 4.69) is 36.4 Å². The van der Waals surface area contributed by atoms with Crippen molar-refractivity contribution in [2.45, 2.75) is 12.2 Å². The third kappa shape index (κ3) is 2.48. The van der Waals surface area contributed by atoms with Gasteiger partial charge in [-0.3, -0.25) is 9.59 Å². The molecule has 0 spiro atoms. The van der Waals surface area contributed by atoms with Crippen molar-refractivity contribution < 1.29 is 14.3 Å². The van der Waals surface area contributed by atoms with Crippen LogP contribution in [0.2, 0.25) is 0 Å². The summed E-state index contributed by atoms with van der Waals surface area (Å²) in [4.78, 5) is 27.2. The molecule has 0 unspecified atom stereocenters. The summed E-state index contributed by atoms with van der Waals surface area (Å²) in [6, 6.07) is 31.9. The van der Waals surface area contributed by atoms with E-state index in [1.807, 2.05) is 48.5 Å². The second-order valence-electron chi connectivity index (χ2n) is 9.02. The molecular formula is C30H20O3. The summed E-state index contributed by atoms with van der Waals surface area (Å²) >= 11 is 0. The molecule has 3 nitrogen and oxygen atoms in total. The SMILES string of the molecule is O=C1c2ccccc2C(=O)[C@H]2[C@@H]1[C@H]1O[C@@H]2c2c(-c3ccccc3)ccc(-c3ccccc3)c21. The second-order valence-corrected chi connectivity index (χ2v) is 9.02. The number of ether oxygens (including phenoxy) is 1. The van der Waals surface area contributed by atoms with E-state index in [4.69, 9.17) is 4.74 Å². The summed E-state index contributed by atoms with van der Waals surface area (Å²) in [5, 5.41) is 0. The smallest absolute Gasteiger partial charge is 0.170 e. The molecule has 0 saturated carbocycles. The van der Waals surface area contributed by atoms with Crippen molar-refractivity contribution in [3.05, 3.63) is 119 Å². The van der Waals surface area contributed by atoms with E-state index in [1.165, 1.54) is 0 Å². The van der Waals surface area contributed by atoms with Crippen LogP contribution in [0.25, 0.3) is 22.3 Å². The van der Waals surface area contributed by atoms with E-state index in [0.717, 1.165) is 33.4 Å². The maximum absolute atomic E-state index is 13.6. The van der Waals surface area contributed by atoms with E-state index in [-0.39, 0.29) is 11.6 Å².